The van der Waals surface area contributed by atoms with Crippen molar-refractivity contribution < 1.29 is 10.0 Å². The van der Waals surface area contributed by atoms with Gasteiger partial charge in [-0.25, -0.2) is 5.84 Å². The molecule has 0 fully saturated rings. The first kappa shape index (κ1) is 26.4. The lowest BCUT2D eigenvalue weighted by Gasteiger charge is -2.07. The first-order chi connectivity index (χ1) is 13.2. The van der Waals surface area contributed by atoms with Gasteiger partial charge in [-0.3, -0.25) is 10.0 Å². The molecule has 0 aliphatic carbocycles. The summed E-state index contributed by atoms with van der Waals surface area (Å²) in [5, 5.41) is 8.95. The molecule has 0 atom stereocenters. The van der Waals surface area contributed by atoms with Gasteiger partial charge in [-0.05, 0) is 6.42 Å². The van der Waals surface area contributed by atoms with Gasteiger partial charge in [0, 0.05) is 6.42 Å². The normalized spacial score (nSPS) is 11.1. The molecule has 0 saturated heterocycles. The van der Waals surface area contributed by atoms with Crippen molar-refractivity contribution in [3.63, 3.8) is 0 Å². The summed E-state index contributed by atoms with van der Waals surface area (Å²) in [6, 6.07) is 0. The van der Waals surface area contributed by atoms with Crippen LogP contribution in [0.4, 0.5) is 0 Å². The van der Waals surface area contributed by atoms with E-state index in [0.29, 0.717) is 6.42 Å². The summed E-state index contributed by atoms with van der Waals surface area (Å²) < 4.78 is 0. The van der Waals surface area contributed by atoms with Crippen LogP contribution in [0, 0.1) is 0 Å². The summed E-state index contributed by atoms with van der Waals surface area (Å²) in [7, 11) is 0. The molecule has 0 heterocycles. The third kappa shape index (κ3) is 21.5. The van der Waals surface area contributed by atoms with E-state index in [1.165, 1.54) is 116 Å². The molecule has 4 heteroatoms. The molecule has 0 rings (SSSR count). The predicted octanol–water partition coefficient (Wildman–Crippen LogP) is 7.29. The van der Waals surface area contributed by atoms with Crippen LogP contribution in [0.2, 0.25) is 0 Å². The second kappa shape index (κ2) is 21.7. The Hall–Kier alpha value is -0.610. The minimum absolute atomic E-state index is 0.204. The van der Waals surface area contributed by atoms with Crippen LogP contribution in [-0.4, -0.2) is 16.3 Å². The molecule has 0 unspecified atom stereocenters. The van der Waals surface area contributed by atoms with Crippen molar-refractivity contribution in [1.29, 1.82) is 0 Å². The molecule has 162 valence electrons. The first-order valence-corrected chi connectivity index (χ1v) is 11.9. The number of nitrogens with zero attached hydrogens (tertiary/aromatic N) is 1. The second-order valence-electron chi connectivity index (χ2n) is 8.21. The summed E-state index contributed by atoms with van der Waals surface area (Å²) in [5.74, 6) is 4.57. The van der Waals surface area contributed by atoms with Crippen molar-refractivity contribution >= 4 is 5.91 Å². The lowest BCUT2D eigenvalue weighted by atomic mass is 10.0. The highest BCUT2D eigenvalue weighted by atomic mass is 16.5. The molecular weight excluding hydrogens is 336 g/mol. The van der Waals surface area contributed by atoms with E-state index in [1.807, 2.05) is 0 Å². The van der Waals surface area contributed by atoms with Crippen LogP contribution < -0.4 is 5.84 Å². The van der Waals surface area contributed by atoms with Gasteiger partial charge in [-0.15, -0.1) is 0 Å². The fourth-order valence-corrected chi connectivity index (χ4v) is 3.65. The summed E-state index contributed by atoms with van der Waals surface area (Å²) >= 11 is 0. The van der Waals surface area contributed by atoms with Gasteiger partial charge >= 0.3 is 0 Å². The van der Waals surface area contributed by atoms with Crippen molar-refractivity contribution in [3.05, 3.63) is 0 Å². The SMILES string of the molecule is CCCCCCCCCCCCCCCCCCCCCCC(=O)N(N)O. The van der Waals surface area contributed by atoms with E-state index in [0.717, 1.165) is 12.8 Å². The number of hydrazine groups is 1. The van der Waals surface area contributed by atoms with Gasteiger partial charge in [0.25, 0.3) is 5.91 Å². The molecule has 0 spiro atoms. The van der Waals surface area contributed by atoms with Crippen molar-refractivity contribution in [1.82, 2.24) is 5.17 Å². The van der Waals surface area contributed by atoms with Crippen LogP contribution in [0.5, 0.6) is 0 Å². The minimum atomic E-state index is -0.391. The molecule has 1 amide bonds. The number of hydrogen-bond acceptors (Lipinski definition) is 3. The molecule has 0 aliphatic heterocycles. The first-order valence-electron chi connectivity index (χ1n) is 11.9. The van der Waals surface area contributed by atoms with E-state index in [9.17, 15) is 4.79 Å². The van der Waals surface area contributed by atoms with Gasteiger partial charge in [0.05, 0.1) is 0 Å². The zero-order valence-electron chi connectivity index (χ0n) is 18.2. The largest absolute Gasteiger partial charge is 0.271 e. The Labute approximate surface area is 169 Å². The minimum Gasteiger partial charge on any atom is -0.271 e. The van der Waals surface area contributed by atoms with Crippen LogP contribution in [0.3, 0.4) is 0 Å². The Morgan fingerprint density at radius 1 is 0.593 bits per heavy atom. The third-order valence-electron chi connectivity index (χ3n) is 5.50. The van der Waals surface area contributed by atoms with E-state index >= 15 is 0 Å². The highest BCUT2D eigenvalue weighted by molar-refractivity contribution is 5.74. The average molecular weight is 385 g/mol. The number of hydrogen-bond donors (Lipinski definition) is 2. The lowest BCUT2D eigenvalue weighted by Crippen LogP contribution is -2.33. The molecule has 0 aromatic carbocycles. The molecule has 4 nitrogen and oxygen atoms in total. The van der Waals surface area contributed by atoms with Crippen molar-refractivity contribution in [2.75, 3.05) is 0 Å². The maximum Gasteiger partial charge on any atom is 0.260 e. The van der Waals surface area contributed by atoms with Crippen molar-refractivity contribution in [3.8, 4) is 0 Å². The number of rotatable bonds is 21. The van der Waals surface area contributed by atoms with Gasteiger partial charge in [0.1, 0.15) is 0 Å². The maximum atomic E-state index is 11.1. The van der Waals surface area contributed by atoms with Crippen LogP contribution in [-0.2, 0) is 4.79 Å². The summed E-state index contributed by atoms with van der Waals surface area (Å²) in [6.45, 7) is 2.28. The Balaban J connectivity index is 3.04. The monoisotopic (exact) mass is 384 g/mol. The Morgan fingerprint density at radius 3 is 1.11 bits per heavy atom. The van der Waals surface area contributed by atoms with E-state index < -0.39 is 5.91 Å². The number of hydroxylamine groups is 1. The molecule has 0 radical (unpaired) electrons. The number of carbonyl (C=O) groups is 1. The molecule has 0 bridgehead atoms. The van der Waals surface area contributed by atoms with Crippen molar-refractivity contribution in [2.24, 2.45) is 5.84 Å². The van der Waals surface area contributed by atoms with Gasteiger partial charge in [0.15, 0.2) is 0 Å². The highest BCUT2D eigenvalue weighted by Crippen LogP contribution is 2.15. The van der Waals surface area contributed by atoms with Gasteiger partial charge in [-0.1, -0.05) is 129 Å². The molecule has 3 N–H and O–H groups in total. The highest BCUT2D eigenvalue weighted by Gasteiger charge is 2.04. The number of carbonyl (C=O) groups excluding carboxylic acids is 1. The molecule has 0 aromatic rings. The van der Waals surface area contributed by atoms with Crippen molar-refractivity contribution in [2.45, 2.75) is 142 Å². The second-order valence-corrected chi connectivity index (χ2v) is 8.21. The van der Waals surface area contributed by atoms with E-state index in [1.54, 1.807) is 0 Å². The van der Waals surface area contributed by atoms with Crippen LogP contribution in [0.25, 0.3) is 0 Å². The Morgan fingerprint density at radius 2 is 0.852 bits per heavy atom. The standard InChI is InChI=1S/C23H48N2O2/c1-2-3-4-5-6-7-8-9-10-11-12-13-14-15-16-17-18-19-20-21-22-23(26)25(24)27/h27H,2-22,24H2,1H3. The topological polar surface area (TPSA) is 66.6 Å². The molecular formula is C23H48N2O2. The van der Waals surface area contributed by atoms with Gasteiger partial charge in [0.2, 0.25) is 0 Å². The van der Waals surface area contributed by atoms with E-state index in [2.05, 4.69) is 6.92 Å². The zero-order chi connectivity index (χ0) is 20.0. The predicted molar refractivity (Wildman–Crippen MR) is 115 cm³/mol. The number of unbranched alkanes of at least 4 members (excludes halogenated alkanes) is 19. The zero-order valence-corrected chi connectivity index (χ0v) is 18.2. The molecule has 0 saturated carbocycles. The average Bonchev–Trinajstić information content (AvgIpc) is 2.66. The summed E-state index contributed by atoms with van der Waals surface area (Å²) in [5.41, 5.74) is 0. The number of nitrogens with two attached hydrogens (primary N) is 1. The summed E-state index contributed by atoms with van der Waals surface area (Å²) in [6.07, 6.45) is 27.3. The maximum absolute atomic E-state index is 11.1. The lowest BCUT2D eigenvalue weighted by molar-refractivity contribution is -0.166. The number of amides is 1. The molecule has 0 aromatic heterocycles. The Kier molecular flexibility index (Phi) is 21.2. The quantitative estimate of drug-likeness (QED) is 0.0717. The fraction of sp³-hybridized carbons (Fsp3) is 0.957. The van der Waals surface area contributed by atoms with Crippen LogP contribution in [0.15, 0.2) is 0 Å². The van der Waals surface area contributed by atoms with E-state index in [-0.39, 0.29) is 5.17 Å². The molecule has 0 aliphatic rings. The fourth-order valence-electron chi connectivity index (χ4n) is 3.65. The van der Waals surface area contributed by atoms with E-state index in [4.69, 9.17) is 11.0 Å². The smallest absolute Gasteiger partial charge is 0.260 e. The summed E-state index contributed by atoms with van der Waals surface area (Å²) in [4.78, 5) is 11.1. The van der Waals surface area contributed by atoms with Gasteiger partial charge < -0.3 is 0 Å². The third-order valence-corrected chi connectivity index (χ3v) is 5.50. The van der Waals surface area contributed by atoms with Gasteiger partial charge in [-0.2, -0.15) is 5.17 Å². The van der Waals surface area contributed by atoms with Crippen LogP contribution >= 0.6 is 0 Å². The molecule has 27 heavy (non-hydrogen) atoms. The van der Waals surface area contributed by atoms with Crippen LogP contribution in [0.1, 0.15) is 142 Å². The Bertz CT molecular complexity index is 309.